The third-order valence-corrected chi connectivity index (χ3v) is 9.48. The zero-order chi connectivity index (χ0) is 19.1. The Kier molecular flexibility index (Phi) is 5.12. The first-order valence-corrected chi connectivity index (χ1v) is 16.7. The monoisotopic (exact) mass is 406 g/mol. The van der Waals surface area contributed by atoms with E-state index in [1.807, 2.05) is 0 Å². The quantitative estimate of drug-likeness (QED) is 0.411. The summed E-state index contributed by atoms with van der Waals surface area (Å²) in [5.74, 6) is 7.46. The number of pyridine rings is 1. The first kappa shape index (κ1) is 18.9. The van der Waals surface area contributed by atoms with Crippen molar-refractivity contribution in [1.82, 2.24) is 0 Å². The summed E-state index contributed by atoms with van der Waals surface area (Å²) >= 11 is -2.05. The van der Waals surface area contributed by atoms with Crippen molar-refractivity contribution in [3.05, 3.63) is 71.4 Å². The van der Waals surface area contributed by atoms with Crippen molar-refractivity contribution in [2.24, 2.45) is 7.05 Å². The van der Waals surface area contributed by atoms with Gasteiger partial charge in [0.05, 0.1) is 0 Å². The molecule has 1 heterocycles. The van der Waals surface area contributed by atoms with E-state index < -0.39 is 13.3 Å². The van der Waals surface area contributed by atoms with Crippen molar-refractivity contribution in [3.8, 4) is 22.4 Å². The molecule has 0 unspecified atom stereocenters. The van der Waals surface area contributed by atoms with Crippen molar-refractivity contribution in [2.75, 3.05) is 0 Å². The molecule has 1 nitrogen and oxygen atoms in total. The van der Waals surface area contributed by atoms with Gasteiger partial charge < -0.3 is 0 Å². The Morgan fingerprint density at radius 3 is 1.88 bits per heavy atom. The number of hydrogen-bond donors (Lipinski definition) is 0. The molecule has 2 aromatic carbocycles. The maximum atomic E-state index is 2.49. The van der Waals surface area contributed by atoms with E-state index in [9.17, 15) is 0 Å². The van der Waals surface area contributed by atoms with Gasteiger partial charge in [-0.05, 0) is 0 Å². The normalized spacial score (nSPS) is 11.7. The standard InChI is InChI=1S/C24H30GeN/c1-17-11-8-9-14-20(17)23-15-21(22(16-26(23)7)25(4,5)6)24-18(2)12-10-13-19(24)3/h8-16H,1-7H3/q+1. The van der Waals surface area contributed by atoms with E-state index in [4.69, 9.17) is 0 Å². The van der Waals surface area contributed by atoms with Crippen LogP contribution < -0.4 is 8.96 Å². The Balaban J connectivity index is 2.38. The van der Waals surface area contributed by atoms with Crippen LogP contribution in [0.4, 0.5) is 0 Å². The fourth-order valence-electron chi connectivity index (χ4n) is 3.82. The van der Waals surface area contributed by atoms with Gasteiger partial charge in [-0.15, -0.1) is 0 Å². The van der Waals surface area contributed by atoms with Crippen molar-refractivity contribution >= 4 is 17.7 Å². The fraction of sp³-hybridized carbons (Fsp3) is 0.292. The average molecular weight is 405 g/mol. The van der Waals surface area contributed by atoms with E-state index in [0.717, 1.165) is 0 Å². The molecule has 0 saturated carbocycles. The van der Waals surface area contributed by atoms with Crippen LogP contribution in [-0.4, -0.2) is 13.3 Å². The molecule has 0 aliphatic heterocycles. The summed E-state index contributed by atoms with van der Waals surface area (Å²) < 4.78 is 3.90. The molecule has 0 aliphatic carbocycles. The molecule has 0 radical (unpaired) electrons. The molecule has 0 N–H and O–H groups in total. The summed E-state index contributed by atoms with van der Waals surface area (Å²) in [7, 11) is 2.19. The summed E-state index contributed by atoms with van der Waals surface area (Å²) in [4.78, 5) is 0. The summed E-state index contributed by atoms with van der Waals surface area (Å²) in [6.07, 6.45) is 2.41. The van der Waals surface area contributed by atoms with Gasteiger partial charge in [-0.2, -0.15) is 0 Å². The number of rotatable bonds is 3. The Morgan fingerprint density at radius 2 is 1.31 bits per heavy atom. The van der Waals surface area contributed by atoms with Gasteiger partial charge >= 0.3 is 161 Å². The SMILES string of the molecule is Cc1ccccc1-c1cc(-c2c(C)cccc2C)[c]([Ge]([CH3])([CH3])[CH3])c[n+]1C. The number of nitrogens with zero attached hydrogens (tertiary/aromatic N) is 1. The van der Waals surface area contributed by atoms with E-state index in [-0.39, 0.29) is 0 Å². The van der Waals surface area contributed by atoms with Crippen LogP contribution >= 0.6 is 0 Å². The summed E-state index contributed by atoms with van der Waals surface area (Å²) in [5, 5.41) is 0. The summed E-state index contributed by atoms with van der Waals surface area (Å²) in [5.41, 5.74) is 9.50. The number of benzene rings is 2. The van der Waals surface area contributed by atoms with Gasteiger partial charge in [0, 0.05) is 0 Å². The second kappa shape index (κ2) is 7.04. The average Bonchev–Trinajstić information content (AvgIpc) is 2.55. The predicted octanol–water partition coefficient (Wildman–Crippen LogP) is 5.32. The molecule has 1 aromatic heterocycles. The zero-order valence-corrected chi connectivity index (χ0v) is 19.2. The molecule has 0 aliphatic rings. The molecule has 2 heteroatoms. The topological polar surface area (TPSA) is 3.88 Å². The molecule has 3 aromatic rings. The Morgan fingerprint density at radius 1 is 0.731 bits per heavy atom. The van der Waals surface area contributed by atoms with Crippen molar-refractivity contribution in [2.45, 2.75) is 38.0 Å². The van der Waals surface area contributed by atoms with Gasteiger partial charge in [0.25, 0.3) is 0 Å². The molecular weight excluding hydrogens is 375 g/mol. The molecular formula is C24H30GeN+. The number of aromatic nitrogens is 1. The number of hydrogen-bond acceptors (Lipinski definition) is 0. The fourth-order valence-corrected chi connectivity index (χ4v) is 7.15. The first-order valence-electron chi connectivity index (χ1n) is 9.37. The van der Waals surface area contributed by atoms with Crippen molar-refractivity contribution in [3.63, 3.8) is 0 Å². The minimum absolute atomic E-state index is 1.29. The van der Waals surface area contributed by atoms with E-state index in [1.54, 1.807) is 4.40 Å². The summed E-state index contributed by atoms with van der Waals surface area (Å²) in [6, 6.07) is 17.8. The maximum absolute atomic E-state index is 2.49. The van der Waals surface area contributed by atoms with Gasteiger partial charge in [-0.3, -0.25) is 0 Å². The Hall–Kier alpha value is -1.87. The Labute approximate surface area is 161 Å². The van der Waals surface area contributed by atoms with Gasteiger partial charge in [0.2, 0.25) is 0 Å². The molecule has 0 amide bonds. The van der Waals surface area contributed by atoms with E-state index in [0.29, 0.717) is 0 Å². The minimum atomic E-state index is -2.05. The second-order valence-electron chi connectivity index (χ2n) is 8.43. The second-order valence-corrected chi connectivity index (χ2v) is 19.0. The van der Waals surface area contributed by atoms with Crippen LogP contribution in [0.3, 0.4) is 0 Å². The molecule has 0 spiro atoms. The first-order chi connectivity index (χ1) is 12.2. The molecule has 0 bridgehead atoms. The third kappa shape index (κ3) is 3.50. The van der Waals surface area contributed by atoms with Crippen LogP contribution in [-0.2, 0) is 7.05 Å². The molecule has 134 valence electrons. The van der Waals surface area contributed by atoms with Gasteiger partial charge in [-0.1, -0.05) is 0 Å². The van der Waals surface area contributed by atoms with Crippen LogP contribution in [0.15, 0.2) is 54.7 Å². The van der Waals surface area contributed by atoms with Crippen LogP contribution in [0.1, 0.15) is 16.7 Å². The van der Waals surface area contributed by atoms with Gasteiger partial charge in [-0.25, -0.2) is 0 Å². The molecule has 3 rings (SSSR count). The number of aryl methyl sites for hydroxylation is 4. The van der Waals surface area contributed by atoms with Crippen LogP contribution in [0.2, 0.25) is 17.3 Å². The van der Waals surface area contributed by atoms with Gasteiger partial charge in [0.1, 0.15) is 0 Å². The zero-order valence-electron chi connectivity index (χ0n) is 17.1. The van der Waals surface area contributed by atoms with E-state index in [1.165, 1.54) is 39.1 Å². The molecule has 0 atom stereocenters. The summed E-state index contributed by atoms with van der Waals surface area (Å²) in [6.45, 7) is 6.67. The molecule has 0 fully saturated rings. The van der Waals surface area contributed by atoms with Crippen LogP contribution in [0, 0.1) is 20.8 Å². The van der Waals surface area contributed by atoms with Gasteiger partial charge in [0.15, 0.2) is 0 Å². The van der Waals surface area contributed by atoms with E-state index >= 15 is 0 Å². The third-order valence-electron chi connectivity index (χ3n) is 5.25. The molecule has 0 saturated heterocycles. The predicted molar refractivity (Wildman–Crippen MR) is 116 cm³/mol. The van der Waals surface area contributed by atoms with E-state index in [2.05, 4.69) is 104 Å². The van der Waals surface area contributed by atoms with Crippen LogP contribution in [0.5, 0.6) is 0 Å². The van der Waals surface area contributed by atoms with Crippen molar-refractivity contribution in [1.29, 1.82) is 0 Å². The Bertz CT molecular complexity index is 944. The van der Waals surface area contributed by atoms with Crippen LogP contribution in [0.25, 0.3) is 22.4 Å². The molecule has 26 heavy (non-hydrogen) atoms. The van der Waals surface area contributed by atoms with Crippen molar-refractivity contribution < 1.29 is 4.57 Å².